The largest absolute Gasteiger partial charge is 0.460 e. The highest BCUT2D eigenvalue weighted by molar-refractivity contribution is 9.10. The summed E-state index contributed by atoms with van der Waals surface area (Å²) in [6.07, 6.45) is 2.90. The molecule has 0 aliphatic rings. The van der Waals surface area contributed by atoms with E-state index in [0.29, 0.717) is 28.9 Å². The van der Waals surface area contributed by atoms with Crippen molar-refractivity contribution in [3.05, 3.63) is 64.9 Å². The highest BCUT2D eigenvalue weighted by Crippen LogP contribution is 2.26. The molecule has 2 heterocycles. The van der Waals surface area contributed by atoms with E-state index >= 15 is 0 Å². The molecule has 28 heavy (non-hydrogen) atoms. The summed E-state index contributed by atoms with van der Waals surface area (Å²) in [6.45, 7) is 4.17. The third-order valence-electron chi connectivity index (χ3n) is 3.43. The van der Waals surface area contributed by atoms with Crippen molar-refractivity contribution in [1.82, 2.24) is 0 Å². The molecule has 0 unspecified atom stereocenters. The molecule has 0 saturated carbocycles. The van der Waals surface area contributed by atoms with Crippen molar-refractivity contribution in [2.24, 2.45) is 0 Å². The Hall–Kier alpha value is -3.00. The van der Waals surface area contributed by atoms with E-state index in [9.17, 15) is 9.59 Å². The van der Waals surface area contributed by atoms with Gasteiger partial charge in [-0.2, -0.15) is 0 Å². The van der Waals surface area contributed by atoms with Crippen LogP contribution in [0.2, 0.25) is 0 Å². The van der Waals surface area contributed by atoms with Gasteiger partial charge in [-0.15, -0.1) is 0 Å². The van der Waals surface area contributed by atoms with Crippen LogP contribution in [0.3, 0.4) is 0 Å². The summed E-state index contributed by atoms with van der Waals surface area (Å²) < 4.78 is 20.3. The van der Waals surface area contributed by atoms with Gasteiger partial charge in [-0.25, -0.2) is 9.59 Å². The number of nitrogen functional groups attached to an aromatic ring is 1. The van der Waals surface area contributed by atoms with Gasteiger partial charge in [0.1, 0.15) is 0 Å². The molecule has 0 spiro atoms. The monoisotopic (exact) mass is 449 g/mol. The number of furan rings is 2. The fourth-order valence-corrected chi connectivity index (χ4v) is 2.55. The number of ether oxygens (including phenoxy) is 2. The first kappa shape index (κ1) is 21.3. The fraction of sp³-hybridized carbons (Fsp3) is 0.200. The molecule has 0 radical (unpaired) electrons. The molecule has 3 rings (SSSR count). The van der Waals surface area contributed by atoms with Crippen molar-refractivity contribution in [2.45, 2.75) is 13.8 Å². The molecular weight excluding hydrogens is 430 g/mol. The molecule has 148 valence electrons. The summed E-state index contributed by atoms with van der Waals surface area (Å²) in [5.74, 6) is -0.461. The van der Waals surface area contributed by atoms with Gasteiger partial charge in [0, 0.05) is 11.3 Å². The number of hydrogen-bond donors (Lipinski definition) is 1. The smallest absolute Gasteiger partial charge is 0.375 e. The summed E-state index contributed by atoms with van der Waals surface area (Å²) in [7, 11) is 0. The van der Waals surface area contributed by atoms with E-state index in [4.69, 9.17) is 24.0 Å². The average Bonchev–Trinajstić information content (AvgIpc) is 3.32. The van der Waals surface area contributed by atoms with Crippen LogP contribution in [-0.2, 0) is 9.47 Å². The van der Waals surface area contributed by atoms with Crippen LogP contribution >= 0.6 is 15.9 Å². The maximum atomic E-state index is 11.6. The zero-order valence-corrected chi connectivity index (χ0v) is 17.0. The van der Waals surface area contributed by atoms with E-state index in [2.05, 4.69) is 15.9 Å². The Morgan fingerprint density at radius 3 is 1.96 bits per heavy atom. The van der Waals surface area contributed by atoms with Gasteiger partial charge in [0.05, 0.1) is 30.2 Å². The summed E-state index contributed by atoms with van der Waals surface area (Å²) in [4.78, 5) is 22.6. The molecule has 0 fully saturated rings. The number of rotatable bonds is 5. The van der Waals surface area contributed by atoms with E-state index in [1.807, 2.05) is 12.1 Å². The second kappa shape index (κ2) is 10.4. The van der Waals surface area contributed by atoms with Crippen LogP contribution in [0.4, 0.5) is 5.69 Å². The molecule has 2 aromatic heterocycles. The quantitative estimate of drug-likeness (QED) is 0.434. The predicted molar refractivity (Wildman–Crippen MR) is 107 cm³/mol. The molecule has 3 aromatic rings. The fourth-order valence-electron chi connectivity index (χ4n) is 2.19. The van der Waals surface area contributed by atoms with E-state index < -0.39 is 11.9 Å². The van der Waals surface area contributed by atoms with Crippen molar-refractivity contribution in [1.29, 1.82) is 0 Å². The lowest BCUT2D eigenvalue weighted by Gasteiger charge is -2.03. The van der Waals surface area contributed by atoms with E-state index in [1.165, 1.54) is 12.5 Å². The Labute approximate surface area is 170 Å². The van der Waals surface area contributed by atoms with Gasteiger partial charge in [0.15, 0.2) is 0 Å². The van der Waals surface area contributed by atoms with Crippen molar-refractivity contribution in [3.63, 3.8) is 0 Å². The Bertz CT molecular complexity index is 913. The molecule has 7 nitrogen and oxygen atoms in total. The molecule has 0 atom stereocenters. The van der Waals surface area contributed by atoms with Crippen molar-refractivity contribution in [2.75, 3.05) is 18.9 Å². The van der Waals surface area contributed by atoms with Gasteiger partial charge in [-0.05, 0) is 59.6 Å². The maximum absolute atomic E-state index is 11.6. The average molecular weight is 450 g/mol. The van der Waals surface area contributed by atoms with Crippen LogP contribution in [0, 0.1) is 0 Å². The minimum absolute atomic E-state index is 0.215. The normalized spacial score (nSPS) is 9.96. The van der Waals surface area contributed by atoms with Gasteiger partial charge < -0.3 is 24.0 Å². The van der Waals surface area contributed by atoms with Gasteiger partial charge in [0.25, 0.3) is 0 Å². The van der Waals surface area contributed by atoms with Gasteiger partial charge >= 0.3 is 11.9 Å². The molecule has 0 bridgehead atoms. The lowest BCUT2D eigenvalue weighted by atomic mass is 10.1. The number of hydrogen-bond acceptors (Lipinski definition) is 7. The molecule has 1 aromatic carbocycles. The zero-order valence-electron chi connectivity index (χ0n) is 15.4. The maximum Gasteiger partial charge on any atom is 0.375 e. The number of carbonyl (C=O) groups excluding carboxylic acids is 2. The molecule has 2 N–H and O–H groups in total. The predicted octanol–water partition coefficient (Wildman–Crippen LogP) is 4.92. The van der Waals surface area contributed by atoms with Gasteiger partial charge in [0.2, 0.25) is 11.5 Å². The number of carbonyl (C=O) groups is 2. The van der Waals surface area contributed by atoms with Crippen LogP contribution in [-0.4, -0.2) is 25.2 Å². The topological polar surface area (TPSA) is 105 Å². The standard InChI is InChI=1S/C13H13NO3.C7H7BrO3/c1-2-16-13(15)12-11(7-8-17-12)9-3-5-10(14)6-4-9;1-2-10-7(9)6-5(8)3-4-11-6/h3-8H,2,14H2,1H3;3-4H,2H2,1H3. The van der Waals surface area contributed by atoms with Crippen LogP contribution in [0.25, 0.3) is 11.1 Å². The van der Waals surface area contributed by atoms with Crippen LogP contribution in [0.15, 0.2) is 62.2 Å². The van der Waals surface area contributed by atoms with E-state index in [1.54, 1.807) is 38.1 Å². The van der Waals surface area contributed by atoms with Crippen molar-refractivity contribution < 1.29 is 27.9 Å². The molecule has 0 amide bonds. The number of anilines is 1. The molecule has 0 aliphatic heterocycles. The Morgan fingerprint density at radius 1 is 0.893 bits per heavy atom. The molecular formula is C20H20BrNO6. The van der Waals surface area contributed by atoms with E-state index in [0.717, 1.165) is 5.56 Å². The summed E-state index contributed by atoms with van der Waals surface area (Å²) in [5.41, 5.74) is 7.87. The number of esters is 2. The van der Waals surface area contributed by atoms with Crippen LogP contribution < -0.4 is 5.73 Å². The first-order valence-corrected chi connectivity index (χ1v) is 9.27. The third-order valence-corrected chi connectivity index (χ3v) is 4.05. The van der Waals surface area contributed by atoms with E-state index in [-0.39, 0.29) is 11.5 Å². The molecule has 0 aliphatic carbocycles. The number of nitrogens with two attached hydrogens (primary N) is 1. The lowest BCUT2D eigenvalue weighted by Crippen LogP contribution is -2.04. The Morgan fingerprint density at radius 2 is 1.43 bits per heavy atom. The second-order valence-corrected chi connectivity index (χ2v) is 6.18. The Balaban J connectivity index is 0.000000221. The number of benzene rings is 1. The lowest BCUT2D eigenvalue weighted by molar-refractivity contribution is 0.0481. The highest BCUT2D eigenvalue weighted by atomic mass is 79.9. The number of halogens is 1. The Kier molecular flexibility index (Phi) is 7.88. The van der Waals surface area contributed by atoms with Gasteiger partial charge in [-0.1, -0.05) is 12.1 Å². The minimum atomic E-state index is -0.454. The highest BCUT2D eigenvalue weighted by Gasteiger charge is 2.17. The zero-order chi connectivity index (χ0) is 20.5. The summed E-state index contributed by atoms with van der Waals surface area (Å²) >= 11 is 3.14. The summed E-state index contributed by atoms with van der Waals surface area (Å²) in [5, 5.41) is 0. The third kappa shape index (κ3) is 5.50. The molecule has 8 heteroatoms. The first-order chi connectivity index (χ1) is 13.5. The minimum Gasteiger partial charge on any atom is -0.460 e. The van der Waals surface area contributed by atoms with Crippen LogP contribution in [0.1, 0.15) is 35.0 Å². The van der Waals surface area contributed by atoms with Gasteiger partial charge in [-0.3, -0.25) is 0 Å². The summed E-state index contributed by atoms with van der Waals surface area (Å²) in [6, 6.07) is 10.6. The SMILES string of the molecule is CCOC(=O)c1occc1-c1ccc(N)cc1.CCOC(=O)c1occc1Br. The second-order valence-electron chi connectivity index (χ2n) is 5.32. The molecule has 0 saturated heterocycles. The van der Waals surface area contributed by atoms with Crippen molar-refractivity contribution >= 4 is 33.6 Å². The van der Waals surface area contributed by atoms with Crippen molar-refractivity contribution in [3.8, 4) is 11.1 Å². The van der Waals surface area contributed by atoms with Crippen LogP contribution in [0.5, 0.6) is 0 Å². The first-order valence-electron chi connectivity index (χ1n) is 8.48.